The third-order valence-corrected chi connectivity index (χ3v) is 6.14. The van der Waals surface area contributed by atoms with Crippen LogP contribution in [0.1, 0.15) is 26.3 Å². The number of pyridine rings is 1. The van der Waals surface area contributed by atoms with E-state index in [-0.39, 0.29) is 5.41 Å². The summed E-state index contributed by atoms with van der Waals surface area (Å²) < 4.78 is 2.43. The number of rotatable bonds is 1. The lowest BCUT2D eigenvalue weighted by Crippen LogP contribution is -2.10. The zero-order valence-corrected chi connectivity index (χ0v) is 16.9. The molecule has 0 unspecified atom stereocenters. The first kappa shape index (κ1) is 16.6. The minimum absolute atomic E-state index is 0.139. The quantitative estimate of drug-likeness (QED) is 0.297. The molecule has 29 heavy (non-hydrogen) atoms. The lowest BCUT2D eigenvalue weighted by Gasteiger charge is -2.19. The fourth-order valence-corrected chi connectivity index (χ4v) is 4.64. The van der Waals surface area contributed by atoms with E-state index in [2.05, 4.69) is 90.8 Å². The van der Waals surface area contributed by atoms with E-state index < -0.39 is 0 Å². The van der Waals surface area contributed by atoms with Crippen molar-refractivity contribution in [3.63, 3.8) is 0 Å². The molecule has 0 atom stereocenters. The summed E-state index contributed by atoms with van der Waals surface area (Å²) >= 11 is 0. The fourth-order valence-electron chi connectivity index (χ4n) is 4.64. The first-order chi connectivity index (χ1) is 14.0. The number of benzene rings is 3. The SMILES string of the molecule is CC(C)(C)c1ccc2c(c1)c1cccc3c4cc(-c5ccccn5)ccc4n2c31. The number of nitrogens with zero attached hydrogens (tertiary/aromatic N) is 2. The normalized spacial score (nSPS) is 12.7. The highest BCUT2D eigenvalue weighted by Gasteiger charge is 2.20. The summed E-state index contributed by atoms with van der Waals surface area (Å²) in [5, 5.41) is 5.27. The molecule has 0 bridgehead atoms. The third kappa shape index (κ3) is 2.26. The second kappa shape index (κ2) is 5.57. The van der Waals surface area contributed by atoms with E-state index in [1.54, 1.807) is 0 Å². The van der Waals surface area contributed by atoms with Crippen molar-refractivity contribution in [3.8, 4) is 11.3 Å². The minimum Gasteiger partial charge on any atom is -0.308 e. The van der Waals surface area contributed by atoms with E-state index in [0.717, 1.165) is 11.3 Å². The van der Waals surface area contributed by atoms with Crippen molar-refractivity contribution in [2.24, 2.45) is 0 Å². The molecule has 0 fully saturated rings. The Hall–Kier alpha value is -3.39. The second-order valence-corrected chi connectivity index (χ2v) is 8.97. The Morgan fingerprint density at radius 3 is 2.10 bits per heavy atom. The first-order valence-corrected chi connectivity index (χ1v) is 10.2. The van der Waals surface area contributed by atoms with Crippen molar-refractivity contribution in [2.45, 2.75) is 26.2 Å². The molecule has 3 aromatic carbocycles. The number of aromatic nitrogens is 2. The third-order valence-electron chi connectivity index (χ3n) is 6.14. The molecule has 3 heterocycles. The van der Waals surface area contributed by atoms with Crippen LogP contribution in [0.2, 0.25) is 0 Å². The summed E-state index contributed by atoms with van der Waals surface area (Å²) in [7, 11) is 0. The molecule has 140 valence electrons. The summed E-state index contributed by atoms with van der Waals surface area (Å²) in [5.74, 6) is 0. The van der Waals surface area contributed by atoms with Crippen LogP contribution in [0.15, 0.2) is 79.0 Å². The predicted octanol–water partition coefficient (Wildman–Crippen LogP) is 7.20. The van der Waals surface area contributed by atoms with E-state index in [4.69, 9.17) is 0 Å². The smallest absolute Gasteiger partial charge is 0.0702 e. The van der Waals surface area contributed by atoms with Gasteiger partial charge >= 0.3 is 0 Å². The van der Waals surface area contributed by atoms with E-state index in [9.17, 15) is 0 Å². The number of hydrogen-bond acceptors (Lipinski definition) is 1. The van der Waals surface area contributed by atoms with Crippen LogP contribution < -0.4 is 0 Å². The van der Waals surface area contributed by atoms with E-state index in [1.807, 2.05) is 18.3 Å². The molecule has 2 nitrogen and oxygen atoms in total. The molecule has 0 saturated heterocycles. The van der Waals surface area contributed by atoms with Gasteiger partial charge in [-0.3, -0.25) is 4.98 Å². The van der Waals surface area contributed by atoms with Crippen molar-refractivity contribution < 1.29 is 0 Å². The summed E-state index contributed by atoms with van der Waals surface area (Å²) in [6.07, 6.45) is 1.85. The molecule has 0 amide bonds. The van der Waals surface area contributed by atoms with Gasteiger partial charge in [-0.2, -0.15) is 0 Å². The molecule has 0 aliphatic heterocycles. The molecule has 0 N–H and O–H groups in total. The van der Waals surface area contributed by atoms with Gasteiger partial charge in [-0.25, -0.2) is 0 Å². The fraction of sp³-hybridized carbons (Fsp3) is 0.148. The van der Waals surface area contributed by atoms with Gasteiger partial charge in [0, 0.05) is 33.3 Å². The summed E-state index contributed by atoms with van der Waals surface area (Å²) in [4.78, 5) is 4.54. The molecule has 0 radical (unpaired) electrons. The highest BCUT2D eigenvalue weighted by Crippen LogP contribution is 2.41. The lowest BCUT2D eigenvalue weighted by atomic mass is 9.86. The Morgan fingerprint density at radius 1 is 0.690 bits per heavy atom. The van der Waals surface area contributed by atoms with Crippen LogP contribution in [0.4, 0.5) is 0 Å². The highest BCUT2D eigenvalue weighted by atomic mass is 14.9. The Morgan fingerprint density at radius 2 is 1.41 bits per heavy atom. The van der Waals surface area contributed by atoms with Crippen LogP contribution in [-0.4, -0.2) is 9.38 Å². The highest BCUT2D eigenvalue weighted by molar-refractivity contribution is 6.23. The van der Waals surface area contributed by atoms with Crippen LogP contribution in [-0.2, 0) is 5.41 Å². The summed E-state index contributed by atoms with van der Waals surface area (Å²) in [5.41, 5.74) is 7.55. The predicted molar refractivity (Wildman–Crippen MR) is 123 cm³/mol. The van der Waals surface area contributed by atoms with Crippen molar-refractivity contribution in [2.75, 3.05) is 0 Å². The number of hydrogen-bond donors (Lipinski definition) is 0. The molecule has 0 aliphatic carbocycles. The zero-order chi connectivity index (χ0) is 19.8. The molecule has 0 aliphatic rings. The van der Waals surface area contributed by atoms with Gasteiger partial charge in [-0.05, 0) is 47.4 Å². The minimum atomic E-state index is 0.139. The topological polar surface area (TPSA) is 17.3 Å². The maximum absolute atomic E-state index is 4.54. The molecule has 6 rings (SSSR count). The van der Waals surface area contributed by atoms with E-state index in [1.165, 1.54) is 43.7 Å². The van der Waals surface area contributed by atoms with Crippen LogP contribution in [0.3, 0.4) is 0 Å². The van der Waals surface area contributed by atoms with Gasteiger partial charge in [0.2, 0.25) is 0 Å². The molecule has 6 aromatic rings. The van der Waals surface area contributed by atoms with Gasteiger partial charge in [0.25, 0.3) is 0 Å². The maximum atomic E-state index is 4.54. The summed E-state index contributed by atoms with van der Waals surface area (Å²) in [6, 6.07) is 26.4. The van der Waals surface area contributed by atoms with Gasteiger partial charge in [-0.15, -0.1) is 0 Å². The Bertz CT molecular complexity index is 1520. The molecular weight excluding hydrogens is 352 g/mol. The van der Waals surface area contributed by atoms with Gasteiger partial charge in [0.05, 0.1) is 22.2 Å². The molecule has 0 saturated carbocycles. The lowest BCUT2D eigenvalue weighted by molar-refractivity contribution is 0.591. The van der Waals surface area contributed by atoms with E-state index >= 15 is 0 Å². The van der Waals surface area contributed by atoms with Crippen molar-refractivity contribution in [3.05, 3.63) is 84.6 Å². The molecule has 3 aromatic heterocycles. The van der Waals surface area contributed by atoms with Crippen molar-refractivity contribution in [1.82, 2.24) is 9.38 Å². The van der Waals surface area contributed by atoms with Gasteiger partial charge in [0.15, 0.2) is 0 Å². The van der Waals surface area contributed by atoms with Gasteiger partial charge in [0.1, 0.15) is 0 Å². The molecule has 0 spiro atoms. The maximum Gasteiger partial charge on any atom is 0.0702 e. The van der Waals surface area contributed by atoms with Crippen molar-refractivity contribution in [1.29, 1.82) is 0 Å². The van der Waals surface area contributed by atoms with Crippen LogP contribution in [0, 0.1) is 0 Å². The zero-order valence-electron chi connectivity index (χ0n) is 16.9. The van der Waals surface area contributed by atoms with Gasteiger partial charge in [-0.1, -0.05) is 57.2 Å². The van der Waals surface area contributed by atoms with Crippen molar-refractivity contribution >= 4 is 38.1 Å². The molecular formula is C27H22N2. The van der Waals surface area contributed by atoms with Crippen LogP contribution in [0.5, 0.6) is 0 Å². The second-order valence-electron chi connectivity index (χ2n) is 8.97. The monoisotopic (exact) mass is 374 g/mol. The first-order valence-electron chi connectivity index (χ1n) is 10.2. The molecule has 2 heteroatoms. The largest absolute Gasteiger partial charge is 0.308 e. The number of para-hydroxylation sites is 1. The average molecular weight is 374 g/mol. The Labute approximate surface area is 169 Å². The standard InChI is InChI=1S/C27H22N2/c1-27(2,3)18-11-13-25-22(16-18)20-8-6-7-19-21-15-17(23-9-4-5-14-28-23)10-12-24(21)29(25)26(19)20/h4-16H,1-3H3. The summed E-state index contributed by atoms with van der Waals surface area (Å²) in [6.45, 7) is 6.83. The Balaban J connectivity index is 1.73. The Kier molecular flexibility index (Phi) is 3.18. The van der Waals surface area contributed by atoms with Crippen LogP contribution >= 0.6 is 0 Å². The van der Waals surface area contributed by atoms with E-state index in [0.29, 0.717) is 0 Å². The average Bonchev–Trinajstić information content (AvgIpc) is 3.24. The van der Waals surface area contributed by atoms with Gasteiger partial charge < -0.3 is 4.40 Å². The number of fused-ring (bicyclic) bond motifs is 6. The van der Waals surface area contributed by atoms with Crippen LogP contribution in [0.25, 0.3) is 49.4 Å².